The lowest BCUT2D eigenvalue weighted by atomic mass is 9.85. The summed E-state index contributed by atoms with van der Waals surface area (Å²) in [7, 11) is 1.67. The molecule has 0 aliphatic carbocycles. The zero-order valence-electron chi connectivity index (χ0n) is 17.6. The van der Waals surface area contributed by atoms with Gasteiger partial charge in [0.25, 0.3) is 5.91 Å². The molecule has 0 unspecified atom stereocenters. The summed E-state index contributed by atoms with van der Waals surface area (Å²) in [5.41, 5.74) is 0.299. The summed E-state index contributed by atoms with van der Waals surface area (Å²) in [5.74, 6) is 1.14. The molecule has 0 N–H and O–H groups in total. The Morgan fingerprint density at radius 1 is 1.07 bits per heavy atom. The number of carbonyl (C=O) groups excluding carboxylic acids is 2. The first-order valence-corrected chi connectivity index (χ1v) is 11.9. The zero-order chi connectivity index (χ0) is 20.7. The molecule has 7 heteroatoms. The maximum absolute atomic E-state index is 13.5. The van der Waals surface area contributed by atoms with Gasteiger partial charge in [0.15, 0.2) is 0 Å². The minimum Gasteiger partial charge on any atom is -0.385 e. The topological polar surface area (TPSA) is 53.1 Å². The average Bonchev–Trinajstić information content (AvgIpc) is 2.93. The van der Waals surface area contributed by atoms with Gasteiger partial charge in [-0.15, -0.1) is 0 Å². The smallest absolute Gasteiger partial charge is 0.327 e. The van der Waals surface area contributed by atoms with E-state index in [-0.39, 0.29) is 11.9 Å². The molecular formula is C22H33N3O3S. The van der Waals surface area contributed by atoms with Crippen LogP contribution in [0.3, 0.4) is 0 Å². The van der Waals surface area contributed by atoms with Crippen LogP contribution in [0.2, 0.25) is 0 Å². The second-order valence-corrected chi connectivity index (χ2v) is 8.86. The van der Waals surface area contributed by atoms with Gasteiger partial charge >= 0.3 is 6.03 Å². The van der Waals surface area contributed by atoms with E-state index in [1.807, 2.05) is 47.0 Å². The second-order valence-electron chi connectivity index (χ2n) is 7.88. The molecule has 3 amide bonds. The molecule has 0 saturated carbocycles. The molecule has 2 saturated heterocycles. The lowest BCUT2D eigenvalue weighted by Gasteiger charge is -2.42. The van der Waals surface area contributed by atoms with Crippen LogP contribution in [0.4, 0.5) is 4.79 Å². The standard InChI is InChI=1S/C22H33N3O3S/c1-28-16-6-13-25-21(27)24(18-19-8-4-3-5-9-19)20(26)22(25)10-14-23(15-11-22)12-7-17-29-2/h3-5,8-9H,6-7,10-18H2,1-2H3. The number of thioether (sulfide) groups is 1. The van der Waals surface area contributed by atoms with Crippen LogP contribution in [-0.2, 0) is 16.1 Å². The van der Waals surface area contributed by atoms with Crippen molar-refractivity contribution < 1.29 is 14.3 Å². The van der Waals surface area contributed by atoms with E-state index >= 15 is 0 Å². The molecule has 0 atom stereocenters. The highest BCUT2D eigenvalue weighted by molar-refractivity contribution is 7.98. The Morgan fingerprint density at radius 3 is 2.45 bits per heavy atom. The number of methoxy groups -OCH3 is 1. The largest absolute Gasteiger partial charge is 0.385 e. The van der Waals surface area contributed by atoms with Crippen LogP contribution in [0.1, 0.15) is 31.2 Å². The van der Waals surface area contributed by atoms with Gasteiger partial charge in [0.2, 0.25) is 0 Å². The maximum Gasteiger partial charge on any atom is 0.327 e. The van der Waals surface area contributed by atoms with Crippen LogP contribution in [0.15, 0.2) is 30.3 Å². The minimum absolute atomic E-state index is 0.0208. The highest BCUT2D eigenvalue weighted by atomic mass is 32.2. The zero-order valence-corrected chi connectivity index (χ0v) is 18.5. The fourth-order valence-corrected chi connectivity index (χ4v) is 4.85. The number of imide groups is 1. The van der Waals surface area contributed by atoms with Crippen LogP contribution in [-0.4, -0.2) is 84.1 Å². The molecule has 1 aromatic carbocycles. The number of nitrogens with zero attached hydrogens (tertiary/aromatic N) is 3. The summed E-state index contributed by atoms with van der Waals surface area (Å²) in [6.45, 7) is 4.30. The molecule has 0 aromatic heterocycles. The Hall–Kier alpha value is -1.57. The molecule has 2 aliphatic rings. The summed E-state index contributed by atoms with van der Waals surface area (Å²) in [5, 5.41) is 0. The van der Waals surface area contributed by atoms with Crippen LogP contribution >= 0.6 is 11.8 Å². The van der Waals surface area contributed by atoms with Crippen molar-refractivity contribution in [3.63, 3.8) is 0 Å². The quantitative estimate of drug-likeness (QED) is 0.431. The van der Waals surface area contributed by atoms with Gasteiger partial charge < -0.3 is 14.5 Å². The lowest BCUT2D eigenvalue weighted by Crippen LogP contribution is -2.56. The number of amides is 3. The third-order valence-electron chi connectivity index (χ3n) is 6.04. The van der Waals surface area contributed by atoms with Crippen LogP contribution in [0.25, 0.3) is 0 Å². The van der Waals surface area contributed by atoms with E-state index in [2.05, 4.69) is 11.2 Å². The molecule has 2 heterocycles. The van der Waals surface area contributed by atoms with Crippen molar-refractivity contribution in [2.75, 3.05) is 51.9 Å². The summed E-state index contributed by atoms with van der Waals surface area (Å²) in [6, 6.07) is 9.62. The Morgan fingerprint density at radius 2 is 1.79 bits per heavy atom. The molecule has 1 spiro atoms. The van der Waals surface area contributed by atoms with Crippen LogP contribution in [0.5, 0.6) is 0 Å². The van der Waals surface area contributed by atoms with Gasteiger partial charge in [0.1, 0.15) is 5.54 Å². The molecule has 2 aliphatic heterocycles. The molecule has 1 aromatic rings. The summed E-state index contributed by atoms with van der Waals surface area (Å²) < 4.78 is 5.19. The lowest BCUT2D eigenvalue weighted by molar-refractivity contribution is -0.136. The normalized spacial score (nSPS) is 19.5. The van der Waals surface area contributed by atoms with Crippen molar-refractivity contribution in [2.45, 2.75) is 37.8 Å². The Bertz CT molecular complexity index is 677. The number of hydrogen-bond donors (Lipinski definition) is 0. The molecule has 29 heavy (non-hydrogen) atoms. The molecule has 0 radical (unpaired) electrons. The maximum atomic E-state index is 13.5. The van der Waals surface area contributed by atoms with Crippen LogP contribution in [0, 0.1) is 0 Å². The fraction of sp³-hybridized carbons (Fsp3) is 0.636. The van der Waals surface area contributed by atoms with Gasteiger partial charge in [0.05, 0.1) is 6.54 Å². The number of likely N-dealkylation sites (tertiary alicyclic amines) is 1. The van der Waals surface area contributed by atoms with Crippen molar-refractivity contribution in [3.8, 4) is 0 Å². The van der Waals surface area contributed by atoms with E-state index in [1.165, 1.54) is 11.3 Å². The van der Waals surface area contributed by atoms with E-state index in [9.17, 15) is 9.59 Å². The molecule has 6 nitrogen and oxygen atoms in total. The monoisotopic (exact) mass is 419 g/mol. The third kappa shape index (κ3) is 4.95. The highest BCUT2D eigenvalue weighted by Gasteiger charge is 2.57. The molecule has 160 valence electrons. The fourth-order valence-electron chi connectivity index (χ4n) is 4.43. The molecule has 3 rings (SSSR count). The van der Waals surface area contributed by atoms with Gasteiger partial charge in [-0.25, -0.2) is 4.79 Å². The van der Waals surface area contributed by atoms with Crippen molar-refractivity contribution in [2.24, 2.45) is 0 Å². The molecular weight excluding hydrogens is 386 g/mol. The average molecular weight is 420 g/mol. The number of piperidine rings is 1. The summed E-state index contributed by atoms with van der Waals surface area (Å²) >= 11 is 1.87. The number of hydrogen-bond acceptors (Lipinski definition) is 5. The van der Waals surface area contributed by atoms with Gasteiger partial charge in [-0.3, -0.25) is 9.69 Å². The third-order valence-corrected chi connectivity index (χ3v) is 6.74. The first-order valence-electron chi connectivity index (χ1n) is 10.5. The first kappa shape index (κ1) is 22.1. The van der Waals surface area contributed by atoms with E-state index in [0.29, 0.717) is 19.7 Å². The number of benzene rings is 1. The van der Waals surface area contributed by atoms with E-state index < -0.39 is 5.54 Å². The SMILES string of the molecule is COCCCN1C(=O)N(Cc2ccccc2)C(=O)C12CCN(CCCSC)CC2. The predicted octanol–water partition coefficient (Wildman–Crippen LogP) is 3.08. The molecule has 2 fully saturated rings. The van der Waals surface area contributed by atoms with Gasteiger partial charge in [-0.1, -0.05) is 30.3 Å². The van der Waals surface area contributed by atoms with Crippen molar-refractivity contribution in [1.82, 2.24) is 14.7 Å². The van der Waals surface area contributed by atoms with Crippen molar-refractivity contribution in [3.05, 3.63) is 35.9 Å². The number of ether oxygens (including phenoxy) is 1. The number of urea groups is 1. The highest BCUT2D eigenvalue weighted by Crippen LogP contribution is 2.38. The second kappa shape index (κ2) is 10.5. The van der Waals surface area contributed by atoms with Crippen molar-refractivity contribution >= 4 is 23.7 Å². The Balaban J connectivity index is 1.73. The first-order chi connectivity index (χ1) is 14.1. The molecule has 0 bridgehead atoms. The summed E-state index contributed by atoms with van der Waals surface area (Å²) in [6.07, 6.45) is 5.48. The van der Waals surface area contributed by atoms with Gasteiger partial charge in [-0.05, 0) is 49.8 Å². The van der Waals surface area contributed by atoms with E-state index in [1.54, 1.807) is 7.11 Å². The van der Waals surface area contributed by atoms with Gasteiger partial charge in [0, 0.05) is 33.4 Å². The Kier molecular flexibility index (Phi) is 7.98. The van der Waals surface area contributed by atoms with Crippen LogP contribution < -0.4 is 0 Å². The predicted molar refractivity (Wildman–Crippen MR) is 117 cm³/mol. The summed E-state index contributed by atoms with van der Waals surface area (Å²) in [4.78, 5) is 32.5. The number of carbonyl (C=O) groups is 2. The Labute approximate surface area is 178 Å². The minimum atomic E-state index is -0.685. The van der Waals surface area contributed by atoms with Crippen molar-refractivity contribution in [1.29, 1.82) is 0 Å². The van der Waals surface area contributed by atoms with Gasteiger partial charge in [-0.2, -0.15) is 11.8 Å². The van der Waals surface area contributed by atoms with E-state index in [0.717, 1.165) is 50.2 Å². The van der Waals surface area contributed by atoms with E-state index in [4.69, 9.17) is 4.74 Å². The number of rotatable bonds is 10.